The molecule has 2 saturated carbocycles. The predicted molar refractivity (Wildman–Crippen MR) is 265 cm³/mol. The smallest absolute Gasteiger partial charge is 0.407 e. The predicted octanol–water partition coefficient (Wildman–Crippen LogP) is 9.49. The number of imidazole rings is 2. The van der Waals surface area contributed by atoms with E-state index < -0.39 is 24.3 Å². The van der Waals surface area contributed by atoms with Crippen molar-refractivity contribution in [1.82, 2.24) is 45.3 Å². The van der Waals surface area contributed by atoms with Crippen molar-refractivity contribution in [2.75, 3.05) is 34.4 Å². The van der Waals surface area contributed by atoms with Gasteiger partial charge in [-0.25, -0.2) is 19.6 Å². The van der Waals surface area contributed by atoms with Gasteiger partial charge in [0, 0.05) is 25.2 Å². The third kappa shape index (κ3) is 8.03. The van der Waals surface area contributed by atoms with Gasteiger partial charge in [0.15, 0.2) is 0 Å². The maximum absolute atomic E-state index is 14.0. The summed E-state index contributed by atoms with van der Waals surface area (Å²) in [5, 5.41) is 5.55. The standard InChI is InChI=1S/C55H65N9O6/c1-30(2)46(60-52(67)69-6)50(65)63-28-54(20-21-54)24-42(63)48-56-26-38(58-48)34-12-8-32(9-13-34)36-16-17-37(45-41-19-18-40(44(36)45)62(41)5)33-10-14-35(15-11-33)39-27-57-49(59-39)43-25-55(22-23-55)29-64(43)51(66)47(31(3)4)61-53(68)70-7/h8-17,26-27,30-31,40-43,46-47H,18-25,28-29H2,1-7H3,(H,56,58)(H,57,59)(H,60,67)(H,61,68)/t40?,41?,42-,43-,46-,47-/m0/s1. The number of carbonyl (C=O) groups excluding carboxylic acids is 4. The summed E-state index contributed by atoms with van der Waals surface area (Å²) in [4.78, 5) is 75.8. The normalized spacial score (nSPS) is 23.3. The molecule has 15 nitrogen and oxygen atoms in total. The Balaban J connectivity index is 0.822. The van der Waals surface area contributed by atoms with Gasteiger partial charge in [-0.2, -0.15) is 0 Å². The molecule has 0 radical (unpaired) electrons. The summed E-state index contributed by atoms with van der Waals surface area (Å²) in [7, 11) is 4.89. The Morgan fingerprint density at radius 3 is 1.30 bits per heavy atom. The summed E-state index contributed by atoms with van der Waals surface area (Å²) >= 11 is 0. The van der Waals surface area contributed by atoms with E-state index >= 15 is 0 Å². The van der Waals surface area contributed by atoms with Crippen molar-refractivity contribution in [2.24, 2.45) is 22.7 Å². The molecule has 2 aliphatic carbocycles. The van der Waals surface area contributed by atoms with Gasteiger partial charge in [0.1, 0.15) is 23.7 Å². The number of aromatic nitrogens is 4. The van der Waals surface area contributed by atoms with E-state index in [0.717, 1.165) is 85.5 Å². The first kappa shape index (κ1) is 45.9. The molecule has 15 heteroatoms. The molecule has 4 N–H and O–H groups in total. The summed E-state index contributed by atoms with van der Waals surface area (Å²) in [5.41, 5.74) is 11.8. The highest BCUT2D eigenvalue weighted by Gasteiger charge is 2.56. The molecule has 5 fully saturated rings. The van der Waals surface area contributed by atoms with Crippen molar-refractivity contribution >= 4 is 24.0 Å². The Kier molecular flexibility index (Phi) is 11.4. The summed E-state index contributed by atoms with van der Waals surface area (Å²) in [6.45, 7) is 9.08. The van der Waals surface area contributed by atoms with Crippen LogP contribution < -0.4 is 10.6 Å². The Morgan fingerprint density at radius 2 is 0.957 bits per heavy atom. The molecule has 4 amide bonds. The van der Waals surface area contributed by atoms with E-state index in [2.05, 4.69) is 93.2 Å². The first-order valence-corrected chi connectivity index (χ1v) is 25.2. The number of alkyl carbamates (subject to hydrolysis) is 2. The van der Waals surface area contributed by atoms with Crippen LogP contribution >= 0.6 is 0 Å². The van der Waals surface area contributed by atoms with Crippen LogP contribution in [0, 0.1) is 22.7 Å². The molecular formula is C55H65N9O6. The van der Waals surface area contributed by atoms with Crippen molar-refractivity contribution in [1.29, 1.82) is 0 Å². The van der Waals surface area contributed by atoms with Crippen molar-refractivity contribution in [3.8, 4) is 44.8 Å². The number of fused-ring (bicyclic) bond motifs is 5. The van der Waals surface area contributed by atoms with Gasteiger partial charge in [-0.15, -0.1) is 0 Å². The van der Waals surface area contributed by atoms with Gasteiger partial charge >= 0.3 is 12.2 Å². The number of likely N-dealkylation sites (tertiary alicyclic amines) is 2. The zero-order chi connectivity index (χ0) is 48.8. The topological polar surface area (TPSA) is 178 Å². The quantitative estimate of drug-likeness (QED) is 0.0949. The maximum Gasteiger partial charge on any atom is 0.407 e. The van der Waals surface area contributed by atoms with Crippen LogP contribution in [0.2, 0.25) is 0 Å². The lowest BCUT2D eigenvalue weighted by Gasteiger charge is -2.30. The third-order valence-corrected chi connectivity index (χ3v) is 16.8. The first-order valence-electron chi connectivity index (χ1n) is 25.2. The molecule has 70 heavy (non-hydrogen) atoms. The molecule has 366 valence electrons. The number of methoxy groups -OCH3 is 2. The van der Waals surface area contributed by atoms with E-state index in [4.69, 9.17) is 19.4 Å². The summed E-state index contributed by atoms with van der Waals surface area (Å²) < 4.78 is 9.71. The Hall–Kier alpha value is -6.48. The van der Waals surface area contributed by atoms with E-state index in [1.54, 1.807) is 0 Å². The number of carbonyl (C=O) groups is 4. The second-order valence-electron chi connectivity index (χ2n) is 21.9. The average molecular weight is 948 g/mol. The largest absolute Gasteiger partial charge is 0.453 e. The van der Waals surface area contributed by atoms with Crippen molar-refractivity contribution in [2.45, 2.75) is 115 Å². The minimum Gasteiger partial charge on any atom is -0.453 e. The van der Waals surface area contributed by atoms with E-state index in [-0.39, 0.29) is 46.6 Å². The second-order valence-corrected chi connectivity index (χ2v) is 21.9. The van der Waals surface area contributed by atoms with Crippen LogP contribution in [0.1, 0.15) is 126 Å². The number of rotatable bonds is 12. The molecule has 2 bridgehead atoms. The molecule has 3 saturated heterocycles. The fourth-order valence-corrected chi connectivity index (χ4v) is 12.4. The number of benzene rings is 3. The Labute approximate surface area is 409 Å². The maximum atomic E-state index is 14.0. The highest BCUT2D eigenvalue weighted by molar-refractivity contribution is 5.88. The number of amides is 4. The fraction of sp³-hybridized carbons (Fsp3) is 0.491. The highest BCUT2D eigenvalue weighted by atomic mass is 16.5. The summed E-state index contributed by atoms with van der Waals surface area (Å²) in [6.07, 6.45) is 10.9. The van der Waals surface area contributed by atoms with E-state index in [1.807, 2.05) is 49.9 Å². The van der Waals surface area contributed by atoms with E-state index in [9.17, 15) is 19.2 Å². The van der Waals surface area contributed by atoms with E-state index in [0.29, 0.717) is 25.2 Å². The molecule has 2 spiro atoms. The van der Waals surface area contributed by atoms with Crippen LogP contribution in [0.25, 0.3) is 44.8 Å². The molecule has 4 aliphatic heterocycles. The second kappa shape index (κ2) is 17.4. The average Bonchev–Trinajstić information content (AvgIpc) is 3.77. The van der Waals surface area contributed by atoms with Crippen molar-refractivity contribution in [3.63, 3.8) is 0 Å². The van der Waals surface area contributed by atoms with Crippen LogP contribution in [0.5, 0.6) is 0 Å². The third-order valence-electron chi connectivity index (χ3n) is 16.8. The first-order chi connectivity index (χ1) is 33.7. The zero-order valence-electron chi connectivity index (χ0n) is 41.3. The zero-order valence-corrected chi connectivity index (χ0v) is 41.3. The van der Waals surface area contributed by atoms with Crippen molar-refractivity contribution < 1.29 is 28.7 Å². The van der Waals surface area contributed by atoms with Gasteiger partial charge < -0.3 is 39.9 Å². The molecule has 6 aliphatic rings. The van der Waals surface area contributed by atoms with Crippen LogP contribution in [0.3, 0.4) is 0 Å². The van der Waals surface area contributed by atoms with Gasteiger partial charge in [0.25, 0.3) is 0 Å². The number of hydrogen-bond donors (Lipinski definition) is 4. The van der Waals surface area contributed by atoms with Crippen LogP contribution in [0.15, 0.2) is 73.1 Å². The van der Waals surface area contributed by atoms with Crippen molar-refractivity contribution in [3.05, 3.63) is 95.8 Å². The van der Waals surface area contributed by atoms with Crippen LogP contribution in [-0.4, -0.2) is 105 Å². The van der Waals surface area contributed by atoms with Gasteiger partial charge in [0.2, 0.25) is 11.8 Å². The summed E-state index contributed by atoms with van der Waals surface area (Å²) in [5.74, 6) is 1.14. The van der Waals surface area contributed by atoms with Gasteiger partial charge in [-0.05, 0) is 126 Å². The molecule has 5 aromatic rings. The molecule has 2 aromatic heterocycles. The Morgan fingerprint density at radius 1 is 0.586 bits per heavy atom. The SMILES string of the molecule is COC(=O)N[C@H](C(=O)N1CC2(CC2)C[C@H]1c1ncc(-c2ccc(-c3ccc(-c4ccc(-c5cnc([C@@H]6CC7(CC7)CN6C(=O)[C@@H](NC(=O)OC)C(C)C)[nH]5)cc4)c4c3C3CCC4N3C)cc2)[nH]1)C(C)C. The minimum atomic E-state index is -0.687. The monoisotopic (exact) mass is 948 g/mol. The highest BCUT2D eigenvalue weighted by Crippen LogP contribution is 2.60. The van der Waals surface area contributed by atoms with Gasteiger partial charge in [-0.3, -0.25) is 14.5 Å². The lowest BCUT2D eigenvalue weighted by molar-refractivity contribution is -0.136. The molecule has 6 atom stereocenters. The number of ether oxygens (including phenoxy) is 2. The van der Waals surface area contributed by atoms with E-state index in [1.165, 1.54) is 47.6 Å². The van der Waals surface area contributed by atoms with Gasteiger partial charge in [0.05, 0.1) is 50.1 Å². The fourth-order valence-electron chi connectivity index (χ4n) is 12.4. The number of hydrogen-bond acceptors (Lipinski definition) is 9. The molecular weight excluding hydrogens is 883 g/mol. The van der Waals surface area contributed by atoms with Crippen LogP contribution in [0.4, 0.5) is 9.59 Å². The number of nitrogens with one attached hydrogen (secondary N) is 4. The number of aromatic amines is 2. The minimum absolute atomic E-state index is 0.0994. The number of nitrogens with zero attached hydrogens (tertiary/aromatic N) is 5. The van der Waals surface area contributed by atoms with Gasteiger partial charge in [-0.1, -0.05) is 88.4 Å². The molecule has 11 rings (SSSR count). The lowest BCUT2D eigenvalue weighted by Crippen LogP contribution is -2.51. The summed E-state index contributed by atoms with van der Waals surface area (Å²) in [6, 6.07) is 21.0. The molecule has 2 unspecified atom stereocenters. The lowest BCUT2D eigenvalue weighted by atomic mass is 9.81. The molecule has 6 heterocycles. The number of H-pyrrole nitrogens is 2. The van der Waals surface area contributed by atoms with Crippen LogP contribution in [-0.2, 0) is 19.1 Å². The Bertz CT molecular complexity index is 2650. The molecule has 3 aromatic carbocycles.